The number of amides is 1. The Morgan fingerprint density at radius 3 is 2.48 bits per heavy atom. The van der Waals surface area contributed by atoms with E-state index in [9.17, 15) is 14.7 Å². The molecule has 8 heteroatoms. The number of aryl methyl sites for hydroxylation is 2. The third kappa shape index (κ3) is 5.19. The molecule has 0 saturated heterocycles. The lowest BCUT2D eigenvalue weighted by molar-refractivity contribution is -0.140. The van der Waals surface area contributed by atoms with E-state index < -0.39 is 17.9 Å². The van der Waals surface area contributed by atoms with Crippen molar-refractivity contribution in [3.8, 4) is 5.82 Å². The summed E-state index contributed by atoms with van der Waals surface area (Å²) in [7, 11) is 0. The fourth-order valence-corrected chi connectivity index (χ4v) is 2.78. The summed E-state index contributed by atoms with van der Waals surface area (Å²) in [4.78, 5) is 24.2. The van der Waals surface area contributed by atoms with Crippen molar-refractivity contribution in [3.63, 3.8) is 0 Å². The number of rotatable bonds is 7. The molecule has 0 aliphatic carbocycles. The predicted molar refractivity (Wildman–Crippen MR) is 99.3 cm³/mol. The number of aliphatic carboxylic acids is 1. The lowest BCUT2D eigenvalue weighted by atomic mass is 10.1. The van der Waals surface area contributed by atoms with Crippen LogP contribution in [0.15, 0.2) is 16.7 Å². The highest BCUT2D eigenvalue weighted by Gasteiger charge is 2.25. The molecule has 1 unspecified atom stereocenters. The molecule has 0 saturated carbocycles. The first-order valence-corrected chi connectivity index (χ1v) is 8.80. The van der Waals surface area contributed by atoms with E-state index in [0.29, 0.717) is 22.8 Å². The molecule has 0 bridgehead atoms. The van der Waals surface area contributed by atoms with Gasteiger partial charge >= 0.3 is 5.97 Å². The second-order valence-corrected chi connectivity index (χ2v) is 7.53. The fourth-order valence-electron chi connectivity index (χ4n) is 2.78. The van der Waals surface area contributed by atoms with E-state index in [4.69, 9.17) is 9.26 Å². The molecule has 0 radical (unpaired) electrons. The van der Waals surface area contributed by atoms with Crippen molar-refractivity contribution >= 4 is 11.9 Å². The summed E-state index contributed by atoms with van der Waals surface area (Å²) in [6.45, 7) is 11.3. The first kappa shape index (κ1) is 20.7. The Balaban J connectivity index is 2.15. The minimum Gasteiger partial charge on any atom is -0.480 e. The number of nitrogens with one attached hydrogen (secondary N) is 1. The van der Waals surface area contributed by atoms with Crippen molar-refractivity contribution in [2.45, 2.75) is 59.6 Å². The molecule has 0 aliphatic rings. The second kappa shape index (κ2) is 7.96. The Bertz CT molecular complexity index is 829. The van der Waals surface area contributed by atoms with Crippen LogP contribution in [0, 0.1) is 20.8 Å². The van der Waals surface area contributed by atoms with Crippen LogP contribution in [0.3, 0.4) is 0 Å². The van der Waals surface area contributed by atoms with Gasteiger partial charge in [-0.3, -0.25) is 9.36 Å². The molecule has 2 heterocycles. The number of carbonyl (C=O) groups excluding carboxylic acids is 1. The average molecular weight is 377 g/mol. The average Bonchev–Trinajstić information content (AvgIpc) is 3.08. The number of carboxylic acid groups (broad SMARTS) is 1. The van der Waals surface area contributed by atoms with Gasteiger partial charge in [0.05, 0.1) is 11.2 Å². The van der Waals surface area contributed by atoms with E-state index in [0.717, 1.165) is 5.69 Å². The summed E-state index contributed by atoms with van der Waals surface area (Å²) in [5.74, 6) is -0.303. The summed E-state index contributed by atoms with van der Waals surface area (Å²) in [5.41, 5.74) is 1.49. The lowest BCUT2D eigenvalue weighted by Crippen LogP contribution is -2.42. The number of aromatic nitrogens is 2. The molecular weight excluding hydrogens is 350 g/mol. The highest BCUT2D eigenvalue weighted by molar-refractivity contribution is 5.98. The molecule has 2 rings (SSSR count). The van der Waals surface area contributed by atoms with Gasteiger partial charge in [-0.25, -0.2) is 4.79 Å². The number of ether oxygens (including phenoxy) is 1. The van der Waals surface area contributed by atoms with Crippen LogP contribution in [0.1, 0.15) is 54.7 Å². The standard InChI is InChI=1S/C19H27N3O5/c1-11-9-14(13(3)22(11)16-10-12(2)27-21-16)17(23)20-15(18(24)25)7-8-26-19(4,5)6/h9-10,15H,7-8H2,1-6H3,(H,20,23)(H,24,25). The van der Waals surface area contributed by atoms with E-state index in [1.165, 1.54) is 0 Å². The highest BCUT2D eigenvalue weighted by Crippen LogP contribution is 2.21. The lowest BCUT2D eigenvalue weighted by Gasteiger charge is -2.21. The molecule has 1 amide bonds. The molecule has 27 heavy (non-hydrogen) atoms. The Kier molecular flexibility index (Phi) is 6.10. The van der Waals surface area contributed by atoms with Gasteiger partial charge in [-0.2, -0.15) is 0 Å². The molecular formula is C19H27N3O5. The molecule has 148 valence electrons. The molecule has 0 fully saturated rings. The van der Waals surface area contributed by atoms with Gasteiger partial charge in [-0.05, 0) is 47.6 Å². The van der Waals surface area contributed by atoms with Crippen LogP contribution in [0.4, 0.5) is 0 Å². The molecule has 0 aromatic carbocycles. The largest absolute Gasteiger partial charge is 0.480 e. The Labute approximate surface area is 158 Å². The summed E-state index contributed by atoms with van der Waals surface area (Å²) in [6, 6.07) is 2.45. The van der Waals surface area contributed by atoms with Crippen LogP contribution in [0.5, 0.6) is 0 Å². The van der Waals surface area contributed by atoms with Crippen molar-refractivity contribution in [2.24, 2.45) is 0 Å². The minimum absolute atomic E-state index is 0.180. The van der Waals surface area contributed by atoms with Crippen LogP contribution < -0.4 is 5.32 Å². The van der Waals surface area contributed by atoms with Gasteiger partial charge in [-0.1, -0.05) is 5.16 Å². The van der Waals surface area contributed by atoms with Crippen molar-refractivity contribution in [3.05, 3.63) is 34.8 Å². The number of nitrogens with zero attached hydrogens (tertiary/aromatic N) is 2. The molecule has 2 aromatic heterocycles. The van der Waals surface area contributed by atoms with E-state index in [1.54, 1.807) is 30.5 Å². The smallest absolute Gasteiger partial charge is 0.326 e. The molecule has 0 spiro atoms. The van der Waals surface area contributed by atoms with Crippen LogP contribution in [0.25, 0.3) is 5.82 Å². The van der Waals surface area contributed by atoms with E-state index in [1.807, 2.05) is 27.7 Å². The summed E-state index contributed by atoms with van der Waals surface area (Å²) in [5, 5.41) is 16.0. The van der Waals surface area contributed by atoms with Crippen LogP contribution in [-0.2, 0) is 9.53 Å². The summed E-state index contributed by atoms with van der Waals surface area (Å²) in [6.07, 6.45) is 0.180. The highest BCUT2D eigenvalue weighted by atomic mass is 16.5. The van der Waals surface area contributed by atoms with Crippen LogP contribution >= 0.6 is 0 Å². The van der Waals surface area contributed by atoms with Gasteiger partial charge in [0.15, 0.2) is 5.82 Å². The summed E-state index contributed by atoms with van der Waals surface area (Å²) < 4.78 is 12.5. The van der Waals surface area contributed by atoms with Crippen molar-refractivity contribution < 1.29 is 24.0 Å². The fraction of sp³-hybridized carbons (Fsp3) is 0.526. The van der Waals surface area contributed by atoms with Gasteiger partial charge in [-0.15, -0.1) is 0 Å². The molecule has 8 nitrogen and oxygen atoms in total. The predicted octanol–water partition coefficient (Wildman–Crippen LogP) is 2.78. The first-order valence-electron chi connectivity index (χ1n) is 8.80. The third-order valence-corrected chi connectivity index (χ3v) is 4.07. The SMILES string of the molecule is Cc1cc(-n2c(C)cc(C(=O)NC(CCOC(C)(C)C)C(=O)O)c2C)no1. The monoisotopic (exact) mass is 377 g/mol. The number of hydrogen-bond acceptors (Lipinski definition) is 5. The summed E-state index contributed by atoms with van der Waals surface area (Å²) >= 11 is 0. The number of carboxylic acids is 1. The zero-order chi connectivity index (χ0) is 20.4. The van der Waals surface area contributed by atoms with Crippen LogP contribution in [-0.4, -0.2) is 45.0 Å². The Morgan fingerprint density at radius 2 is 1.96 bits per heavy atom. The van der Waals surface area contributed by atoms with E-state index in [-0.39, 0.29) is 18.6 Å². The van der Waals surface area contributed by atoms with Gasteiger partial charge in [0.25, 0.3) is 5.91 Å². The Hall–Kier alpha value is -2.61. The molecule has 2 N–H and O–H groups in total. The maximum absolute atomic E-state index is 12.7. The van der Waals surface area contributed by atoms with E-state index in [2.05, 4.69) is 10.5 Å². The third-order valence-electron chi connectivity index (χ3n) is 4.07. The second-order valence-electron chi connectivity index (χ2n) is 7.53. The molecule has 2 aromatic rings. The number of carbonyl (C=O) groups is 2. The van der Waals surface area contributed by atoms with Crippen molar-refractivity contribution in [1.82, 2.24) is 15.0 Å². The van der Waals surface area contributed by atoms with Gasteiger partial charge in [0, 0.05) is 30.5 Å². The van der Waals surface area contributed by atoms with Gasteiger partial charge in [0.1, 0.15) is 11.8 Å². The molecule has 1 atom stereocenters. The zero-order valence-electron chi connectivity index (χ0n) is 16.6. The number of hydrogen-bond donors (Lipinski definition) is 2. The topological polar surface area (TPSA) is 107 Å². The quantitative estimate of drug-likeness (QED) is 0.768. The first-order chi connectivity index (χ1) is 12.5. The molecule has 0 aliphatic heterocycles. The van der Waals surface area contributed by atoms with Crippen molar-refractivity contribution in [2.75, 3.05) is 6.61 Å². The van der Waals surface area contributed by atoms with Crippen LogP contribution in [0.2, 0.25) is 0 Å². The maximum atomic E-state index is 12.7. The van der Waals surface area contributed by atoms with E-state index >= 15 is 0 Å². The normalized spacial score (nSPS) is 12.8. The van der Waals surface area contributed by atoms with Crippen molar-refractivity contribution in [1.29, 1.82) is 0 Å². The maximum Gasteiger partial charge on any atom is 0.326 e. The zero-order valence-corrected chi connectivity index (χ0v) is 16.6. The Morgan fingerprint density at radius 1 is 1.30 bits per heavy atom. The minimum atomic E-state index is -1.10. The van der Waals surface area contributed by atoms with Gasteiger partial charge < -0.3 is 19.7 Å². The van der Waals surface area contributed by atoms with Gasteiger partial charge in [0.2, 0.25) is 0 Å².